The van der Waals surface area contributed by atoms with E-state index < -0.39 is 12.3 Å². The van der Waals surface area contributed by atoms with Crippen molar-refractivity contribution >= 4 is 17.8 Å². The first-order valence-corrected chi connectivity index (χ1v) is 11.0. The van der Waals surface area contributed by atoms with E-state index in [9.17, 15) is 14.0 Å². The Labute approximate surface area is 195 Å². The molecule has 0 aliphatic carbocycles. The van der Waals surface area contributed by atoms with E-state index in [1.807, 2.05) is 19.1 Å². The number of anilines is 1. The second-order valence-corrected chi connectivity index (χ2v) is 8.27. The number of halogens is 1. The lowest BCUT2D eigenvalue weighted by molar-refractivity contribution is -0.116. The summed E-state index contributed by atoms with van der Waals surface area (Å²) < 4.78 is 25.4. The molecule has 0 radical (unpaired) electrons. The van der Waals surface area contributed by atoms with Gasteiger partial charge in [0.15, 0.2) is 6.23 Å². The van der Waals surface area contributed by atoms with Gasteiger partial charge in [-0.05, 0) is 48.4 Å². The van der Waals surface area contributed by atoms with E-state index in [1.54, 1.807) is 30.5 Å². The second-order valence-electron chi connectivity index (χ2n) is 8.27. The van der Waals surface area contributed by atoms with Crippen molar-refractivity contribution in [3.8, 4) is 17.2 Å². The number of nitrogens with one attached hydrogen (secondary N) is 3. The van der Waals surface area contributed by atoms with Gasteiger partial charge in [0.2, 0.25) is 5.91 Å². The summed E-state index contributed by atoms with van der Waals surface area (Å²) in [5.74, 6) is 1.93. The second kappa shape index (κ2) is 9.01. The number of nitrogens with zero attached hydrogens (tertiary/aromatic N) is 1. The summed E-state index contributed by atoms with van der Waals surface area (Å²) >= 11 is 0. The van der Waals surface area contributed by atoms with Gasteiger partial charge in [-0.1, -0.05) is 19.1 Å². The maximum atomic E-state index is 13.3. The molecule has 1 aromatic heterocycles. The molecule has 3 amide bonds. The first-order chi connectivity index (χ1) is 16.5. The Morgan fingerprint density at radius 3 is 2.97 bits per heavy atom. The van der Waals surface area contributed by atoms with E-state index in [2.05, 4.69) is 20.9 Å². The average Bonchev–Trinajstić information content (AvgIpc) is 3.12. The van der Waals surface area contributed by atoms with Gasteiger partial charge < -0.3 is 25.4 Å². The summed E-state index contributed by atoms with van der Waals surface area (Å²) in [6.45, 7) is 2.16. The fraction of sp³-hybridized carbons (Fsp3) is 0.240. The molecule has 8 nitrogen and oxygen atoms in total. The molecule has 2 aliphatic rings. The molecular formula is C25H23FN4O4. The van der Waals surface area contributed by atoms with Crippen LogP contribution in [0.5, 0.6) is 17.2 Å². The number of benzene rings is 2. The first-order valence-electron chi connectivity index (χ1n) is 11.0. The zero-order chi connectivity index (χ0) is 23.7. The maximum absolute atomic E-state index is 13.3. The number of amides is 3. The number of ether oxygens (including phenoxy) is 2. The molecule has 5 rings (SSSR count). The van der Waals surface area contributed by atoms with Crippen LogP contribution in [0.4, 0.5) is 15.0 Å². The Hall–Kier alpha value is -4.14. The number of urea groups is 1. The van der Waals surface area contributed by atoms with Gasteiger partial charge in [0.05, 0.1) is 0 Å². The van der Waals surface area contributed by atoms with Crippen LogP contribution in [0.15, 0.2) is 54.7 Å². The summed E-state index contributed by atoms with van der Waals surface area (Å²) in [6, 6.07) is 12.9. The molecule has 3 heterocycles. The molecule has 3 N–H and O–H groups in total. The maximum Gasteiger partial charge on any atom is 0.317 e. The van der Waals surface area contributed by atoms with Gasteiger partial charge in [-0.15, -0.1) is 0 Å². The zero-order valence-electron chi connectivity index (χ0n) is 18.4. The fourth-order valence-corrected chi connectivity index (χ4v) is 4.10. The van der Waals surface area contributed by atoms with Crippen molar-refractivity contribution in [3.05, 3.63) is 77.2 Å². The van der Waals surface area contributed by atoms with Crippen molar-refractivity contribution in [1.82, 2.24) is 15.6 Å². The number of rotatable bonds is 5. The van der Waals surface area contributed by atoms with Crippen LogP contribution >= 0.6 is 0 Å². The van der Waals surface area contributed by atoms with Gasteiger partial charge in [0.25, 0.3) is 0 Å². The molecule has 34 heavy (non-hydrogen) atoms. The summed E-state index contributed by atoms with van der Waals surface area (Å²) in [7, 11) is 0. The van der Waals surface area contributed by atoms with Crippen LogP contribution in [0.25, 0.3) is 0 Å². The minimum Gasteiger partial charge on any atom is -0.470 e. The first kappa shape index (κ1) is 21.7. The number of hydrogen-bond donors (Lipinski definition) is 3. The van der Waals surface area contributed by atoms with Crippen LogP contribution in [-0.4, -0.2) is 23.2 Å². The minimum absolute atomic E-state index is 0.0563. The topological polar surface area (TPSA) is 102 Å². The van der Waals surface area contributed by atoms with Crippen LogP contribution in [0.2, 0.25) is 0 Å². The molecule has 9 heteroatoms. The van der Waals surface area contributed by atoms with Crippen molar-refractivity contribution in [3.63, 3.8) is 0 Å². The molecule has 0 saturated heterocycles. The van der Waals surface area contributed by atoms with Crippen molar-refractivity contribution < 1.29 is 23.5 Å². The normalized spacial score (nSPS) is 18.2. The number of hydrogen-bond acceptors (Lipinski definition) is 5. The predicted molar refractivity (Wildman–Crippen MR) is 122 cm³/mol. The Morgan fingerprint density at radius 1 is 1.24 bits per heavy atom. The third-order valence-electron chi connectivity index (χ3n) is 5.90. The lowest BCUT2D eigenvalue weighted by atomic mass is 10.0. The van der Waals surface area contributed by atoms with E-state index in [-0.39, 0.29) is 24.2 Å². The summed E-state index contributed by atoms with van der Waals surface area (Å²) in [5, 5.41) is 8.31. The van der Waals surface area contributed by atoms with Crippen molar-refractivity contribution in [2.24, 2.45) is 0 Å². The highest BCUT2D eigenvalue weighted by molar-refractivity contribution is 5.93. The smallest absolute Gasteiger partial charge is 0.317 e. The van der Waals surface area contributed by atoms with Gasteiger partial charge in [0.1, 0.15) is 28.9 Å². The monoisotopic (exact) mass is 462 g/mol. The molecular weight excluding hydrogens is 439 g/mol. The lowest BCUT2D eigenvalue weighted by Crippen LogP contribution is -2.45. The lowest BCUT2D eigenvalue weighted by Gasteiger charge is -2.19. The average molecular weight is 462 g/mol. The summed E-state index contributed by atoms with van der Waals surface area (Å²) in [4.78, 5) is 28.2. The molecule has 3 aromatic rings. The van der Waals surface area contributed by atoms with Crippen molar-refractivity contribution in [2.45, 2.75) is 38.5 Å². The van der Waals surface area contributed by atoms with Crippen LogP contribution in [0, 0.1) is 5.82 Å². The number of fused-ring (bicyclic) bond motifs is 2. The van der Waals surface area contributed by atoms with Gasteiger partial charge >= 0.3 is 6.03 Å². The molecule has 0 unspecified atom stereocenters. The Morgan fingerprint density at radius 2 is 2.12 bits per heavy atom. The SMILES string of the molecule is C[C@H]1c2cc(Oc3ccnc4c3CCC(=O)N4)ccc2O[C@H]1NC(=O)NCc1cccc(F)c1. The molecule has 0 saturated carbocycles. The summed E-state index contributed by atoms with van der Waals surface area (Å²) in [5.41, 5.74) is 2.43. The third kappa shape index (κ3) is 4.50. The highest BCUT2D eigenvalue weighted by Gasteiger charge is 2.32. The van der Waals surface area contributed by atoms with Crippen LogP contribution < -0.4 is 25.4 Å². The molecule has 0 bridgehead atoms. The largest absolute Gasteiger partial charge is 0.470 e. The minimum atomic E-state index is -0.554. The highest BCUT2D eigenvalue weighted by atomic mass is 19.1. The zero-order valence-corrected chi connectivity index (χ0v) is 18.4. The van der Waals surface area contributed by atoms with Gasteiger partial charge in [-0.25, -0.2) is 14.2 Å². The molecule has 174 valence electrons. The number of pyridine rings is 1. The standard InChI is InChI=1S/C25H23FN4O4/c1-14-19-12-17(33-21-9-10-27-23-18(21)6-8-22(31)29-23)5-7-20(19)34-24(14)30-25(32)28-13-15-3-2-4-16(26)11-15/h2-5,7,9-12,14,24H,6,8,13H2,1H3,(H,27,29,31)(H2,28,30,32)/t14-,24+/m0/s1. The van der Waals surface area contributed by atoms with E-state index in [0.717, 1.165) is 11.1 Å². The summed E-state index contributed by atoms with van der Waals surface area (Å²) in [6.07, 6.45) is 1.99. The van der Waals surface area contributed by atoms with Crippen LogP contribution in [0.3, 0.4) is 0 Å². The van der Waals surface area contributed by atoms with E-state index in [1.165, 1.54) is 12.1 Å². The van der Waals surface area contributed by atoms with Gasteiger partial charge in [0, 0.05) is 36.2 Å². The number of carbonyl (C=O) groups is 2. The number of carbonyl (C=O) groups excluding carboxylic acids is 2. The fourth-order valence-electron chi connectivity index (χ4n) is 4.10. The Balaban J connectivity index is 1.24. The van der Waals surface area contributed by atoms with E-state index in [4.69, 9.17) is 9.47 Å². The van der Waals surface area contributed by atoms with Crippen molar-refractivity contribution in [2.75, 3.05) is 5.32 Å². The van der Waals surface area contributed by atoms with Crippen LogP contribution in [0.1, 0.15) is 36.0 Å². The van der Waals surface area contributed by atoms with E-state index in [0.29, 0.717) is 41.5 Å². The molecule has 2 aromatic carbocycles. The Bertz CT molecular complexity index is 1270. The molecule has 2 atom stereocenters. The van der Waals surface area contributed by atoms with Crippen LogP contribution in [-0.2, 0) is 17.8 Å². The van der Waals surface area contributed by atoms with Gasteiger partial charge in [-0.2, -0.15) is 0 Å². The van der Waals surface area contributed by atoms with Gasteiger partial charge in [-0.3, -0.25) is 4.79 Å². The molecule has 0 spiro atoms. The third-order valence-corrected chi connectivity index (χ3v) is 5.90. The van der Waals surface area contributed by atoms with E-state index >= 15 is 0 Å². The highest BCUT2D eigenvalue weighted by Crippen LogP contribution is 2.41. The predicted octanol–water partition coefficient (Wildman–Crippen LogP) is 4.22. The Kier molecular flexibility index (Phi) is 5.75. The molecule has 2 aliphatic heterocycles. The molecule has 0 fully saturated rings. The van der Waals surface area contributed by atoms with Crippen molar-refractivity contribution in [1.29, 1.82) is 0 Å². The number of aromatic nitrogens is 1. The quantitative estimate of drug-likeness (QED) is 0.527.